The summed E-state index contributed by atoms with van der Waals surface area (Å²) >= 11 is 0. The number of ketones is 2. The molecule has 0 radical (unpaired) electrons. The first kappa shape index (κ1) is 27.1. The lowest BCUT2D eigenvalue weighted by Crippen LogP contribution is -2.30. The van der Waals surface area contributed by atoms with Crippen molar-refractivity contribution in [1.29, 1.82) is 0 Å². The summed E-state index contributed by atoms with van der Waals surface area (Å²) in [5.41, 5.74) is -0.809. The van der Waals surface area contributed by atoms with Gasteiger partial charge in [-0.05, 0) is 36.4 Å². The highest BCUT2D eigenvalue weighted by Crippen LogP contribution is 2.24. The molecule has 40 heavy (non-hydrogen) atoms. The second-order valence-corrected chi connectivity index (χ2v) is 8.36. The Hall–Kier alpha value is -5.90. The summed E-state index contributed by atoms with van der Waals surface area (Å²) in [5, 5.41) is 23.6. The zero-order valence-electron chi connectivity index (χ0n) is 20.6. The van der Waals surface area contributed by atoms with E-state index < -0.39 is 35.3 Å². The third kappa shape index (κ3) is 5.65. The van der Waals surface area contributed by atoms with Crippen molar-refractivity contribution < 1.29 is 39.0 Å². The second-order valence-electron chi connectivity index (χ2n) is 8.36. The fourth-order valence-electron chi connectivity index (χ4n) is 3.96. The highest BCUT2D eigenvalue weighted by molar-refractivity contribution is 6.44. The molecule has 0 fully saturated rings. The molecule has 0 saturated carbocycles. The average Bonchev–Trinajstić information content (AvgIpc) is 2.97. The first-order valence-corrected chi connectivity index (χ1v) is 11.7. The van der Waals surface area contributed by atoms with E-state index in [1.807, 2.05) is 0 Å². The van der Waals surface area contributed by atoms with Crippen LogP contribution in [0.2, 0.25) is 0 Å². The Bertz CT molecular complexity index is 1570. The molecule has 4 aromatic carbocycles. The first-order valence-electron chi connectivity index (χ1n) is 11.7. The van der Waals surface area contributed by atoms with Gasteiger partial charge < -0.3 is 20.8 Å². The molecule has 4 rings (SSSR count). The standard InChI is InChI=1S/C30H20N2O8/c33-25(17-9-1-3-11-19(17)29(37)38)21-13-5-7-15-23(21)31-27(35)28(36)32-24-16-8-6-14-22(24)26(34)18-10-2-4-12-20(18)30(39)40/h1-16H,(H,31,35)(H,32,36)(H,37,38)(H,39,40). The number of para-hydroxylation sites is 2. The molecular formula is C30H20N2O8. The van der Waals surface area contributed by atoms with Gasteiger partial charge in [0.1, 0.15) is 0 Å². The van der Waals surface area contributed by atoms with Crippen LogP contribution in [0.5, 0.6) is 0 Å². The molecule has 4 N–H and O–H groups in total. The van der Waals surface area contributed by atoms with E-state index in [1.54, 1.807) is 0 Å². The molecule has 0 unspecified atom stereocenters. The van der Waals surface area contributed by atoms with Gasteiger partial charge in [-0.2, -0.15) is 0 Å². The monoisotopic (exact) mass is 536 g/mol. The lowest BCUT2D eigenvalue weighted by atomic mass is 9.97. The molecule has 198 valence electrons. The van der Waals surface area contributed by atoms with E-state index in [9.17, 15) is 39.0 Å². The predicted molar refractivity (Wildman–Crippen MR) is 144 cm³/mol. The molecule has 4 aromatic rings. The quantitative estimate of drug-likeness (QED) is 0.193. The number of amides is 2. The number of benzene rings is 4. The Morgan fingerprint density at radius 3 is 1.00 bits per heavy atom. The number of hydrogen-bond donors (Lipinski definition) is 4. The normalized spacial score (nSPS) is 10.3. The molecule has 0 aliphatic heterocycles. The number of nitrogens with one attached hydrogen (secondary N) is 2. The van der Waals surface area contributed by atoms with Crippen LogP contribution < -0.4 is 10.6 Å². The van der Waals surface area contributed by atoms with Crippen LogP contribution in [0.15, 0.2) is 97.1 Å². The smallest absolute Gasteiger partial charge is 0.336 e. The van der Waals surface area contributed by atoms with Crippen molar-refractivity contribution >= 4 is 46.7 Å². The van der Waals surface area contributed by atoms with Crippen LogP contribution in [-0.2, 0) is 9.59 Å². The summed E-state index contributed by atoms with van der Waals surface area (Å²) in [6.07, 6.45) is 0. The van der Waals surface area contributed by atoms with Gasteiger partial charge in [0.25, 0.3) is 0 Å². The van der Waals surface area contributed by atoms with Crippen molar-refractivity contribution in [2.45, 2.75) is 0 Å². The van der Waals surface area contributed by atoms with Gasteiger partial charge >= 0.3 is 23.8 Å². The molecule has 0 spiro atoms. The molecular weight excluding hydrogens is 516 g/mol. The van der Waals surface area contributed by atoms with E-state index in [-0.39, 0.29) is 44.8 Å². The molecule has 10 nitrogen and oxygen atoms in total. The summed E-state index contributed by atoms with van der Waals surface area (Å²) in [6.45, 7) is 0. The van der Waals surface area contributed by atoms with E-state index in [2.05, 4.69) is 10.6 Å². The molecule has 10 heteroatoms. The van der Waals surface area contributed by atoms with Crippen LogP contribution in [0, 0.1) is 0 Å². The van der Waals surface area contributed by atoms with Crippen LogP contribution in [0.3, 0.4) is 0 Å². The number of carbonyl (C=O) groups is 6. The maximum atomic E-state index is 13.2. The van der Waals surface area contributed by atoms with E-state index >= 15 is 0 Å². The third-order valence-electron chi connectivity index (χ3n) is 5.85. The van der Waals surface area contributed by atoms with Crippen molar-refractivity contribution in [3.63, 3.8) is 0 Å². The number of carbonyl (C=O) groups excluding carboxylic acids is 4. The third-order valence-corrected chi connectivity index (χ3v) is 5.85. The number of carboxylic acids is 2. The minimum Gasteiger partial charge on any atom is -0.478 e. The van der Waals surface area contributed by atoms with Crippen LogP contribution in [-0.4, -0.2) is 45.5 Å². The van der Waals surface area contributed by atoms with Gasteiger partial charge in [-0.1, -0.05) is 60.7 Å². The van der Waals surface area contributed by atoms with Crippen LogP contribution in [0.1, 0.15) is 52.6 Å². The molecule has 0 aliphatic rings. The van der Waals surface area contributed by atoms with Gasteiger partial charge in [-0.15, -0.1) is 0 Å². The first-order chi connectivity index (χ1) is 19.2. The highest BCUT2D eigenvalue weighted by Gasteiger charge is 2.24. The number of rotatable bonds is 8. The lowest BCUT2D eigenvalue weighted by Gasteiger charge is -2.13. The van der Waals surface area contributed by atoms with Crippen molar-refractivity contribution in [2.75, 3.05) is 10.6 Å². The topological polar surface area (TPSA) is 167 Å². The lowest BCUT2D eigenvalue weighted by molar-refractivity contribution is -0.133. The summed E-state index contributed by atoms with van der Waals surface area (Å²) < 4.78 is 0. The Balaban J connectivity index is 1.57. The zero-order chi connectivity index (χ0) is 28.8. The number of anilines is 2. The number of hydrogen-bond acceptors (Lipinski definition) is 6. The average molecular weight is 536 g/mol. The Morgan fingerprint density at radius 1 is 0.400 bits per heavy atom. The molecule has 0 aliphatic carbocycles. The maximum absolute atomic E-state index is 13.2. The van der Waals surface area contributed by atoms with Gasteiger partial charge in [-0.25, -0.2) is 9.59 Å². The predicted octanol–water partition coefficient (Wildman–Crippen LogP) is 4.12. The van der Waals surface area contributed by atoms with E-state index in [0.717, 1.165) is 0 Å². The second kappa shape index (κ2) is 11.7. The fraction of sp³-hybridized carbons (Fsp3) is 0. The molecule has 0 heterocycles. The summed E-state index contributed by atoms with van der Waals surface area (Å²) in [5.74, 6) is -6.29. The number of aromatic carboxylic acids is 2. The van der Waals surface area contributed by atoms with Crippen molar-refractivity contribution in [3.8, 4) is 0 Å². The van der Waals surface area contributed by atoms with E-state index in [4.69, 9.17) is 0 Å². The number of carboxylic acid groups (broad SMARTS) is 2. The summed E-state index contributed by atoms with van der Waals surface area (Å²) in [4.78, 5) is 75.1. The van der Waals surface area contributed by atoms with Crippen molar-refractivity contribution in [2.24, 2.45) is 0 Å². The minimum absolute atomic E-state index is 0.0346. The Morgan fingerprint density at radius 2 is 0.675 bits per heavy atom. The Kier molecular flexibility index (Phi) is 7.91. The fourth-order valence-corrected chi connectivity index (χ4v) is 3.96. The van der Waals surface area contributed by atoms with Gasteiger partial charge in [0.05, 0.1) is 22.5 Å². The largest absolute Gasteiger partial charge is 0.478 e. The minimum atomic E-state index is -1.30. The van der Waals surface area contributed by atoms with Gasteiger partial charge in [0.2, 0.25) is 0 Å². The molecule has 0 bridgehead atoms. The summed E-state index contributed by atoms with van der Waals surface area (Å²) in [7, 11) is 0. The van der Waals surface area contributed by atoms with Crippen LogP contribution >= 0.6 is 0 Å². The van der Waals surface area contributed by atoms with Crippen LogP contribution in [0.4, 0.5) is 11.4 Å². The SMILES string of the molecule is O=C(Nc1ccccc1C(=O)c1ccccc1C(=O)O)C(=O)Nc1ccccc1C(=O)c1ccccc1C(=O)O. The molecule has 2 amide bonds. The van der Waals surface area contributed by atoms with E-state index in [0.29, 0.717) is 0 Å². The van der Waals surface area contributed by atoms with E-state index in [1.165, 1.54) is 97.1 Å². The zero-order valence-corrected chi connectivity index (χ0v) is 20.6. The van der Waals surface area contributed by atoms with Crippen LogP contribution in [0.25, 0.3) is 0 Å². The molecule has 0 aromatic heterocycles. The summed E-state index contributed by atoms with van der Waals surface area (Å²) in [6, 6.07) is 22.8. The molecule has 0 saturated heterocycles. The van der Waals surface area contributed by atoms with Gasteiger partial charge in [0, 0.05) is 22.3 Å². The highest BCUT2D eigenvalue weighted by atomic mass is 16.4. The maximum Gasteiger partial charge on any atom is 0.336 e. The van der Waals surface area contributed by atoms with Gasteiger partial charge in [0.15, 0.2) is 11.6 Å². The van der Waals surface area contributed by atoms with Crippen molar-refractivity contribution in [1.82, 2.24) is 0 Å². The molecule has 0 atom stereocenters. The Labute approximate surface area is 226 Å². The van der Waals surface area contributed by atoms with Gasteiger partial charge in [-0.3, -0.25) is 19.2 Å². The van der Waals surface area contributed by atoms with Crippen molar-refractivity contribution in [3.05, 3.63) is 130 Å².